The van der Waals surface area contributed by atoms with Crippen molar-refractivity contribution in [3.63, 3.8) is 0 Å². The Labute approximate surface area is 260 Å². The number of hydrogen-bond donors (Lipinski definition) is 0. The Morgan fingerprint density at radius 1 is 0.744 bits per heavy atom. The van der Waals surface area contributed by atoms with Gasteiger partial charge in [-0.2, -0.15) is 13.2 Å². The van der Waals surface area contributed by atoms with Gasteiger partial charge in [0.2, 0.25) is 0 Å². The van der Waals surface area contributed by atoms with Crippen molar-refractivity contribution >= 4 is 43.0 Å². The van der Waals surface area contributed by atoms with Crippen LogP contribution in [0.15, 0.2) is 75.5 Å². The molecule has 0 saturated heterocycles. The summed E-state index contributed by atoms with van der Waals surface area (Å²) >= 11 is 0. The molecular weight excluding hydrogens is 651 g/mol. The van der Waals surface area contributed by atoms with Gasteiger partial charge in [-0.1, -0.05) is 64.1 Å². The molecule has 0 spiro atoms. The summed E-state index contributed by atoms with van der Waals surface area (Å²) in [5.41, 5.74) is 0.356. The molecule has 2 aromatic carbocycles. The van der Waals surface area contributed by atoms with Gasteiger partial charge in [-0.3, -0.25) is 9.98 Å². The van der Waals surface area contributed by atoms with E-state index >= 15 is 0 Å². The van der Waals surface area contributed by atoms with Crippen molar-refractivity contribution in [2.45, 2.75) is 63.8 Å². The predicted molar refractivity (Wildman–Crippen MR) is 153 cm³/mol. The van der Waals surface area contributed by atoms with Crippen LogP contribution in [-0.2, 0) is 37.3 Å². The average molecular weight is 682 g/mol. The van der Waals surface area contributed by atoms with Gasteiger partial charge in [0.25, 0.3) is 0 Å². The summed E-state index contributed by atoms with van der Waals surface area (Å²) in [6, 6.07) is 17.8. The minimum Gasteiger partial charge on any atom is -0.744 e. The number of benzene rings is 2. The van der Waals surface area contributed by atoms with Crippen LogP contribution in [0.1, 0.15) is 75.9 Å². The molecule has 234 valence electrons. The molecule has 0 amide bonds. The zero-order valence-corrected chi connectivity index (χ0v) is 26.8. The fourth-order valence-corrected chi connectivity index (χ4v) is 4.32. The number of nitrogens with zero attached hydrogens (tertiary/aromatic N) is 3. The minimum absolute atomic E-state index is 0. The Hall–Kier alpha value is -2.94. The van der Waals surface area contributed by atoms with Crippen LogP contribution in [-0.4, -0.2) is 47.9 Å². The van der Waals surface area contributed by atoms with Crippen molar-refractivity contribution in [2.24, 2.45) is 9.98 Å². The van der Waals surface area contributed by atoms with Crippen molar-refractivity contribution in [3.8, 4) is 0 Å². The molecule has 0 radical (unpaired) electrons. The molecule has 0 aliphatic carbocycles. The predicted octanol–water partition coefficient (Wildman–Crippen LogP) is 6.56. The van der Waals surface area contributed by atoms with Crippen LogP contribution in [0.4, 0.5) is 24.5 Å². The minimum atomic E-state index is -6.09. The Morgan fingerprint density at radius 3 is 1.58 bits per heavy atom. The van der Waals surface area contributed by atoms with E-state index in [1.807, 2.05) is 19.1 Å². The zero-order valence-electron chi connectivity index (χ0n) is 24.0. The second-order valence-corrected chi connectivity index (χ2v) is 12.4. The number of rotatable bonds is 7. The van der Waals surface area contributed by atoms with Crippen molar-refractivity contribution in [1.82, 2.24) is 4.98 Å². The van der Waals surface area contributed by atoms with Gasteiger partial charge in [-0.25, -0.2) is 21.8 Å². The maximum absolute atomic E-state index is 11.6. The van der Waals surface area contributed by atoms with E-state index in [-0.39, 0.29) is 27.7 Å². The topological polar surface area (TPSA) is 152 Å². The summed E-state index contributed by atoms with van der Waals surface area (Å²) in [5.74, 6) is 0.660. The van der Waals surface area contributed by atoms with Crippen molar-refractivity contribution < 1.29 is 56.2 Å². The van der Waals surface area contributed by atoms with Crippen LogP contribution >= 0.6 is 0 Å². The first-order valence-electron chi connectivity index (χ1n) is 12.5. The molecule has 0 saturated carbocycles. The summed E-state index contributed by atoms with van der Waals surface area (Å²) in [7, 11) is -10.7. The first kappa shape index (κ1) is 38.1. The largest absolute Gasteiger partial charge is 2.00 e. The SMILES string of the molecule is CC(=Nc1ccccc1S(=O)(=O)[O-])c1cccc(C(C)=Nc2c(C(C)C)cccc2C(C)C)n1.O=S(=O)([O-])C(F)(F)F.[Fe+2]. The maximum Gasteiger partial charge on any atom is 2.00 e. The molecule has 0 fully saturated rings. The number of hydrogen-bond acceptors (Lipinski definition) is 9. The Morgan fingerprint density at radius 2 is 1.16 bits per heavy atom. The second kappa shape index (κ2) is 15.2. The van der Waals surface area contributed by atoms with Gasteiger partial charge in [-0.15, -0.1) is 0 Å². The van der Waals surface area contributed by atoms with Gasteiger partial charge in [0, 0.05) is 0 Å². The van der Waals surface area contributed by atoms with Gasteiger partial charge >= 0.3 is 22.6 Å². The third-order valence-electron chi connectivity index (χ3n) is 5.82. The van der Waals surface area contributed by atoms with E-state index < -0.39 is 25.7 Å². The van der Waals surface area contributed by atoms with Crippen LogP contribution < -0.4 is 0 Å². The molecule has 0 aliphatic heterocycles. The number of para-hydroxylation sites is 2. The number of pyridine rings is 1. The monoisotopic (exact) mass is 681 g/mol. The fourth-order valence-electron chi connectivity index (χ4n) is 3.70. The third kappa shape index (κ3) is 10.6. The molecule has 0 unspecified atom stereocenters. The number of alkyl halides is 3. The van der Waals surface area contributed by atoms with E-state index in [2.05, 4.69) is 50.9 Å². The Bertz CT molecular complexity index is 1680. The molecule has 3 aromatic rings. The Balaban J connectivity index is 0.000000903. The van der Waals surface area contributed by atoms with Crippen molar-refractivity contribution in [3.05, 3.63) is 83.2 Å². The van der Waals surface area contributed by atoms with Gasteiger partial charge in [0.15, 0.2) is 10.1 Å². The molecule has 0 bridgehead atoms. The number of aliphatic imine (C=N–C) groups is 2. The molecule has 1 heterocycles. The van der Waals surface area contributed by atoms with Gasteiger partial charge in [0.05, 0.1) is 39.1 Å². The summed E-state index contributed by atoms with van der Waals surface area (Å²) < 4.78 is 93.7. The third-order valence-corrected chi connectivity index (χ3v) is 7.27. The number of halogens is 3. The van der Waals surface area contributed by atoms with E-state index in [1.54, 1.807) is 19.1 Å². The van der Waals surface area contributed by atoms with E-state index in [0.29, 0.717) is 28.9 Å². The summed E-state index contributed by atoms with van der Waals surface area (Å²) in [6.07, 6.45) is 0. The number of aromatic nitrogens is 1. The fraction of sp³-hybridized carbons (Fsp3) is 0.321. The molecule has 0 aliphatic rings. The smallest absolute Gasteiger partial charge is 0.744 e. The van der Waals surface area contributed by atoms with Crippen LogP contribution in [0.5, 0.6) is 0 Å². The molecule has 15 heteroatoms. The van der Waals surface area contributed by atoms with Crippen molar-refractivity contribution in [1.29, 1.82) is 0 Å². The van der Waals surface area contributed by atoms with Gasteiger partial charge in [0.1, 0.15) is 10.1 Å². The molecule has 9 nitrogen and oxygen atoms in total. The zero-order chi connectivity index (χ0) is 32.0. The van der Waals surface area contributed by atoms with Crippen LogP contribution in [0, 0.1) is 0 Å². The maximum atomic E-state index is 11.6. The van der Waals surface area contributed by atoms with Crippen LogP contribution in [0.2, 0.25) is 0 Å². The molecule has 0 atom stereocenters. The quantitative estimate of drug-likeness (QED) is 0.118. The van der Waals surface area contributed by atoms with E-state index in [1.165, 1.54) is 29.3 Å². The summed E-state index contributed by atoms with van der Waals surface area (Å²) in [4.78, 5) is 13.8. The average Bonchev–Trinajstić information content (AvgIpc) is 2.87. The summed E-state index contributed by atoms with van der Waals surface area (Å²) in [5, 5.41) is 0. The van der Waals surface area contributed by atoms with Crippen LogP contribution in [0.25, 0.3) is 0 Å². The molecule has 0 N–H and O–H groups in total. The molecule has 1 aromatic heterocycles. The Kier molecular flexibility index (Phi) is 13.4. The molecular formula is C28H30F3FeN3O6S2. The van der Waals surface area contributed by atoms with Crippen molar-refractivity contribution in [2.75, 3.05) is 0 Å². The standard InChI is InChI=1S/C27H31N3O3S.CHF3O3S.Fe/c1-17(2)21-11-9-12-22(18(3)4)27(21)29-20(6)24-15-10-14-23(30-24)19(5)28-25-13-7-8-16-26(25)34(31,32)33;2-1(3,4)8(5,6)7;/h7-18H,1-6H3,(H,31,32,33);(H,5,6,7);/q;;+2/p-2. The van der Waals surface area contributed by atoms with Gasteiger partial charge < -0.3 is 9.11 Å². The summed E-state index contributed by atoms with van der Waals surface area (Å²) in [6.45, 7) is 12.3. The van der Waals surface area contributed by atoms with Gasteiger partial charge in [-0.05, 0) is 61.1 Å². The normalized spacial score (nSPS) is 13.0. The molecule has 43 heavy (non-hydrogen) atoms. The first-order valence-corrected chi connectivity index (χ1v) is 15.3. The van der Waals surface area contributed by atoms with E-state index in [0.717, 1.165) is 11.4 Å². The van der Waals surface area contributed by atoms with E-state index in [4.69, 9.17) is 22.9 Å². The second-order valence-electron chi connectivity index (χ2n) is 9.72. The van der Waals surface area contributed by atoms with E-state index in [9.17, 15) is 26.1 Å². The van der Waals surface area contributed by atoms with Crippen LogP contribution in [0.3, 0.4) is 0 Å². The molecule has 3 rings (SSSR count). The first-order chi connectivity index (χ1) is 19.2.